The normalized spacial score (nSPS) is 10.9. The summed E-state index contributed by atoms with van der Waals surface area (Å²) in [6.07, 6.45) is -1.53. The van der Waals surface area contributed by atoms with Gasteiger partial charge in [-0.15, -0.1) is 0 Å². The summed E-state index contributed by atoms with van der Waals surface area (Å²) < 4.78 is 5.07. The van der Waals surface area contributed by atoms with Crippen LogP contribution in [-0.2, 0) is 0 Å². The summed E-state index contributed by atoms with van der Waals surface area (Å²) in [7, 11) is 1.61. The van der Waals surface area contributed by atoms with Crippen molar-refractivity contribution >= 4 is 0 Å². The van der Waals surface area contributed by atoms with Gasteiger partial charge in [0.25, 0.3) is 0 Å². The van der Waals surface area contributed by atoms with Crippen LogP contribution in [0, 0.1) is 6.92 Å². The fourth-order valence-electron chi connectivity index (χ4n) is 1.69. The Morgan fingerprint density at radius 2 is 1.88 bits per heavy atom. The molecule has 1 aromatic heterocycles. The van der Waals surface area contributed by atoms with E-state index in [2.05, 4.69) is 10.2 Å². The molecule has 0 radical (unpaired) electrons. The predicted octanol–water partition coefficient (Wildman–Crippen LogP) is 1.38. The van der Waals surface area contributed by atoms with Gasteiger partial charge in [0.05, 0.1) is 18.5 Å². The molecule has 5 nitrogen and oxygen atoms in total. The molecule has 0 aliphatic carbocycles. The molecule has 90 valence electrons. The first-order valence-corrected chi connectivity index (χ1v) is 5.19. The summed E-state index contributed by atoms with van der Waals surface area (Å²) in [5, 5.41) is 24.9. The minimum Gasteiger partial charge on any atom is -0.497 e. The zero-order chi connectivity index (χ0) is 12.4. The van der Waals surface area contributed by atoms with Crippen LogP contribution in [-0.4, -0.2) is 27.5 Å². The van der Waals surface area contributed by atoms with Gasteiger partial charge in [0.1, 0.15) is 5.75 Å². The van der Waals surface area contributed by atoms with Crippen LogP contribution in [0.1, 0.15) is 17.5 Å². The number of benzene rings is 1. The van der Waals surface area contributed by atoms with E-state index in [1.165, 1.54) is 0 Å². The van der Waals surface area contributed by atoms with E-state index < -0.39 is 6.29 Å². The molecule has 0 aliphatic rings. The number of nitrogens with zero attached hydrogens (tertiary/aromatic N) is 1. The van der Waals surface area contributed by atoms with Gasteiger partial charge in [0.2, 0.25) is 0 Å². The smallest absolute Gasteiger partial charge is 0.195 e. The lowest BCUT2D eigenvalue weighted by molar-refractivity contribution is -0.0462. The van der Waals surface area contributed by atoms with E-state index in [1.807, 2.05) is 24.3 Å². The van der Waals surface area contributed by atoms with Crippen LogP contribution >= 0.6 is 0 Å². The molecule has 0 spiro atoms. The molecule has 0 unspecified atom stereocenters. The van der Waals surface area contributed by atoms with E-state index in [1.54, 1.807) is 14.0 Å². The first kappa shape index (κ1) is 11.6. The second kappa shape index (κ2) is 4.57. The summed E-state index contributed by atoms with van der Waals surface area (Å²) in [6.45, 7) is 1.79. The van der Waals surface area contributed by atoms with Gasteiger partial charge in [-0.2, -0.15) is 5.10 Å². The molecule has 17 heavy (non-hydrogen) atoms. The maximum Gasteiger partial charge on any atom is 0.195 e. The Bertz CT molecular complexity index is 503. The molecule has 1 aromatic carbocycles. The third kappa shape index (κ3) is 2.15. The van der Waals surface area contributed by atoms with Crippen LogP contribution in [0.5, 0.6) is 5.75 Å². The number of rotatable bonds is 3. The molecule has 0 atom stereocenters. The van der Waals surface area contributed by atoms with E-state index in [-0.39, 0.29) is 0 Å². The Labute approximate surface area is 98.7 Å². The highest BCUT2D eigenvalue weighted by molar-refractivity contribution is 5.64. The van der Waals surface area contributed by atoms with Gasteiger partial charge >= 0.3 is 0 Å². The zero-order valence-corrected chi connectivity index (χ0v) is 9.64. The number of H-pyrrole nitrogens is 1. The summed E-state index contributed by atoms with van der Waals surface area (Å²) in [5.41, 5.74) is 2.64. The molecular weight excluding hydrogens is 220 g/mol. The molecule has 0 aliphatic heterocycles. The molecule has 0 saturated carbocycles. The van der Waals surface area contributed by atoms with Crippen molar-refractivity contribution in [1.82, 2.24) is 10.2 Å². The Hall–Kier alpha value is -1.85. The Balaban J connectivity index is 2.39. The molecular formula is C12H14N2O3. The first-order chi connectivity index (χ1) is 8.13. The fourth-order valence-corrected chi connectivity index (χ4v) is 1.69. The van der Waals surface area contributed by atoms with E-state index in [0.29, 0.717) is 11.4 Å². The van der Waals surface area contributed by atoms with E-state index in [4.69, 9.17) is 14.9 Å². The Kier molecular flexibility index (Phi) is 3.12. The van der Waals surface area contributed by atoms with E-state index in [0.717, 1.165) is 16.9 Å². The standard InChI is InChI=1S/C12H14N2O3/c1-7-10(13-14-11(7)12(15)16)8-3-5-9(17-2)6-4-8/h3-6,12,15-16H,1-2H3,(H,13,14). The van der Waals surface area contributed by atoms with Gasteiger partial charge in [-0.05, 0) is 31.2 Å². The summed E-state index contributed by atoms with van der Waals surface area (Å²) in [6, 6.07) is 7.40. The molecule has 1 heterocycles. The molecule has 2 aromatic rings. The number of aliphatic hydroxyl groups excluding tert-OH is 1. The average molecular weight is 234 g/mol. The summed E-state index contributed by atoms with van der Waals surface area (Å²) in [5.74, 6) is 0.768. The van der Waals surface area contributed by atoms with Crippen molar-refractivity contribution in [3.8, 4) is 17.0 Å². The van der Waals surface area contributed by atoms with Crippen molar-refractivity contribution in [2.45, 2.75) is 13.2 Å². The van der Waals surface area contributed by atoms with Crippen molar-refractivity contribution in [1.29, 1.82) is 0 Å². The largest absolute Gasteiger partial charge is 0.497 e. The molecule has 0 amide bonds. The quantitative estimate of drug-likeness (QED) is 0.701. The van der Waals surface area contributed by atoms with Gasteiger partial charge < -0.3 is 14.9 Å². The molecule has 3 N–H and O–H groups in total. The number of hydrogen-bond acceptors (Lipinski definition) is 4. The van der Waals surface area contributed by atoms with E-state index >= 15 is 0 Å². The highest BCUT2D eigenvalue weighted by Gasteiger charge is 2.15. The molecule has 0 saturated heterocycles. The molecule has 2 rings (SSSR count). The van der Waals surface area contributed by atoms with Crippen LogP contribution < -0.4 is 4.74 Å². The first-order valence-electron chi connectivity index (χ1n) is 5.19. The SMILES string of the molecule is COc1ccc(-c2n[nH]c(C(O)O)c2C)cc1. The third-order valence-electron chi connectivity index (χ3n) is 2.67. The highest BCUT2D eigenvalue weighted by atomic mass is 16.5. The number of methoxy groups -OCH3 is 1. The van der Waals surface area contributed by atoms with Gasteiger partial charge in [0.15, 0.2) is 6.29 Å². The van der Waals surface area contributed by atoms with Crippen LogP contribution in [0.25, 0.3) is 11.3 Å². The topological polar surface area (TPSA) is 78.4 Å². The van der Waals surface area contributed by atoms with Gasteiger partial charge in [-0.25, -0.2) is 0 Å². The summed E-state index contributed by atoms with van der Waals surface area (Å²) in [4.78, 5) is 0. The molecule has 0 bridgehead atoms. The second-order valence-corrected chi connectivity index (χ2v) is 3.71. The monoisotopic (exact) mass is 234 g/mol. The lowest BCUT2D eigenvalue weighted by Crippen LogP contribution is -1.97. The maximum absolute atomic E-state index is 9.11. The fraction of sp³-hybridized carbons (Fsp3) is 0.250. The number of aliphatic hydroxyl groups is 2. The lowest BCUT2D eigenvalue weighted by atomic mass is 10.1. The summed E-state index contributed by atoms with van der Waals surface area (Å²) >= 11 is 0. The average Bonchev–Trinajstić information content (AvgIpc) is 2.71. The van der Waals surface area contributed by atoms with Crippen molar-refractivity contribution in [3.63, 3.8) is 0 Å². The number of hydrogen-bond donors (Lipinski definition) is 3. The minimum absolute atomic E-state index is 0.316. The van der Waals surface area contributed by atoms with E-state index in [9.17, 15) is 0 Å². The number of ether oxygens (including phenoxy) is 1. The van der Waals surface area contributed by atoms with Crippen molar-refractivity contribution < 1.29 is 14.9 Å². The predicted molar refractivity (Wildman–Crippen MR) is 62.5 cm³/mol. The van der Waals surface area contributed by atoms with Crippen molar-refractivity contribution in [2.75, 3.05) is 7.11 Å². The maximum atomic E-state index is 9.11. The van der Waals surface area contributed by atoms with Crippen LogP contribution in [0.15, 0.2) is 24.3 Å². The van der Waals surface area contributed by atoms with Crippen molar-refractivity contribution in [2.24, 2.45) is 0 Å². The van der Waals surface area contributed by atoms with Gasteiger partial charge in [0, 0.05) is 11.1 Å². The van der Waals surface area contributed by atoms with Crippen LogP contribution in [0.3, 0.4) is 0 Å². The Morgan fingerprint density at radius 1 is 1.24 bits per heavy atom. The van der Waals surface area contributed by atoms with Crippen molar-refractivity contribution in [3.05, 3.63) is 35.5 Å². The third-order valence-corrected chi connectivity index (χ3v) is 2.67. The zero-order valence-electron chi connectivity index (χ0n) is 9.64. The molecule has 5 heteroatoms. The number of aromatic nitrogens is 2. The van der Waals surface area contributed by atoms with Crippen LogP contribution in [0.4, 0.5) is 0 Å². The number of aromatic amines is 1. The second-order valence-electron chi connectivity index (χ2n) is 3.71. The molecule has 0 fully saturated rings. The van der Waals surface area contributed by atoms with Gasteiger partial charge in [-0.3, -0.25) is 5.10 Å². The van der Waals surface area contributed by atoms with Gasteiger partial charge in [-0.1, -0.05) is 0 Å². The Morgan fingerprint density at radius 3 is 2.35 bits per heavy atom. The van der Waals surface area contributed by atoms with Crippen LogP contribution in [0.2, 0.25) is 0 Å². The minimum atomic E-state index is -1.53. The lowest BCUT2D eigenvalue weighted by Gasteiger charge is -2.03. The number of nitrogens with one attached hydrogen (secondary N) is 1. The highest BCUT2D eigenvalue weighted by Crippen LogP contribution is 2.26.